The minimum Gasteiger partial charge on any atom is -0.484 e. The van der Waals surface area contributed by atoms with E-state index in [0.29, 0.717) is 22.7 Å². The number of nitrogens with two attached hydrogens (primary N) is 2. The Morgan fingerprint density at radius 1 is 1.10 bits per heavy atom. The molecule has 6 heteroatoms. The lowest BCUT2D eigenvalue weighted by atomic mass is 10.2. The number of nitrogens with one attached hydrogen (secondary N) is 1. The van der Waals surface area contributed by atoms with Gasteiger partial charge in [-0.05, 0) is 42.5 Å². The van der Waals surface area contributed by atoms with Crippen molar-refractivity contribution >= 4 is 23.2 Å². The van der Waals surface area contributed by atoms with Crippen molar-refractivity contribution in [3.8, 4) is 5.75 Å². The number of ether oxygens (including phenoxy) is 1. The van der Waals surface area contributed by atoms with Crippen LogP contribution in [0.15, 0.2) is 48.5 Å². The van der Waals surface area contributed by atoms with Crippen molar-refractivity contribution in [2.75, 3.05) is 17.7 Å². The molecule has 0 unspecified atom stereocenters. The maximum absolute atomic E-state index is 11.7. The Morgan fingerprint density at radius 2 is 1.81 bits per heavy atom. The van der Waals surface area contributed by atoms with Gasteiger partial charge in [-0.3, -0.25) is 9.59 Å². The van der Waals surface area contributed by atoms with Crippen LogP contribution in [0.3, 0.4) is 0 Å². The zero-order valence-corrected chi connectivity index (χ0v) is 11.2. The van der Waals surface area contributed by atoms with Crippen LogP contribution in [0.2, 0.25) is 0 Å². The molecule has 0 spiro atoms. The van der Waals surface area contributed by atoms with Crippen LogP contribution in [0.1, 0.15) is 10.4 Å². The van der Waals surface area contributed by atoms with E-state index in [1.165, 1.54) is 12.1 Å². The number of hydrogen-bond acceptors (Lipinski definition) is 4. The summed E-state index contributed by atoms with van der Waals surface area (Å²) in [5.41, 5.74) is 12.3. The van der Waals surface area contributed by atoms with Crippen molar-refractivity contribution < 1.29 is 14.3 Å². The minimum atomic E-state index is -0.513. The van der Waals surface area contributed by atoms with Crippen molar-refractivity contribution in [2.24, 2.45) is 5.73 Å². The summed E-state index contributed by atoms with van der Waals surface area (Å²) < 4.78 is 5.31. The van der Waals surface area contributed by atoms with Gasteiger partial charge in [-0.2, -0.15) is 0 Å². The Morgan fingerprint density at radius 3 is 2.43 bits per heavy atom. The number of carbonyl (C=O) groups is 2. The average Bonchev–Trinajstić information content (AvgIpc) is 2.45. The predicted octanol–water partition coefficient (Wildman–Crippen LogP) is 1.39. The van der Waals surface area contributed by atoms with Crippen LogP contribution in [0.4, 0.5) is 11.4 Å². The van der Waals surface area contributed by atoms with E-state index in [9.17, 15) is 9.59 Å². The summed E-state index contributed by atoms with van der Waals surface area (Å²) >= 11 is 0. The summed E-state index contributed by atoms with van der Waals surface area (Å²) in [6, 6.07) is 13.1. The zero-order chi connectivity index (χ0) is 15.2. The van der Waals surface area contributed by atoms with Gasteiger partial charge in [0.1, 0.15) is 5.75 Å². The lowest BCUT2D eigenvalue weighted by Crippen LogP contribution is -2.20. The third-order valence-corrected chi connectivity index (χ3v) is 2.68. The molecule has 0 saturated heterocycles. The molecule has 2 aromatic rings. The third kappa shape index (κ3) is 4.24. The van der Waals surface area contributed by atoms with E-state index in [1.807, 2.05) is 0 Å². The smallest absolute Gasteiger partial charge is 0.262 e. The molecule has 0 bridgehead atoms. The Kier molecular flexibility index (Phi) is 4.40. The van der Waals surface area contributed by atoms with E-state index in [2.05, 4.69) is 5.32 Å². The van der Waals surface area contributed by atoms with Gasteiger partial charge in [-0.25, -0.2) is 0 Å². The van der Waals surface area contributed by atoms with E-state index in [1.54, 1.807) is 36.4 Å². The van der Waals surface area contributed by atoms with Crippen LogP contribution in [-0.2, 0) is 4.79 Å². The fourth-order valence-electron chi connectivity index (χ4n) is 1.68. The summed E-state index contributed by atoms with van der Waals surface area (Å²) in [5, 5.41) is 2.66. The topological polar surface area (TPSA) is 107 Å². The van der Waals surface area contributed by atoms with Crippen LogP contribution in [0.25, 0.3) is 0 Å². The summed E-state index contributed by atoms with van der Waals surface area (Å²) in [6.07, 6.45) is 0. The second-order valence-electron chi connectivity index (χ2n) is 4.35. The molecule has 0 atom stereocenters. The van der Waals surface area contributed by atoms with Gasteiger partial charge in [0.05, 0.1) is 0 Å². The first-order valence-electron chi connectivity index (χ1n) is 6.22. The highest BCUT2D eigenvalue weighted by Crippen LogP contribution is 2.13. The number of amides is 2. The van der Waals surface area contributed by atoms with Crippen LogP contribution in [0, 0.1) is 0 Å². The molecule has 0 heterocycles. The molecular formula is C15H15N3O3. The number of primary amides is 1. The number of benzene rings is 2. The van der Waals surface area contributed by atoms with Crippen LogP contribution < -0.4 is 21.5 Å². The van der Waals surface area contributed by atoms with Crippen LogP contribution in [-0.4, -0.2) is 18.4 Å². The van der Waals surface area contributed by atoms with Gasteiger partial charge in [0, 0.05) is 16.9 Å². The van der Waals surface area contributed by atoms with Gasteiger partial charge in [-0.15, -0.1) is 0 Å². The van der Waals surface area contributed by atoms with Gasteiger partial charge in [0.25, 0.3) is 5.91 Å². The first kappa shape index (κ1) is 14.4. The molecule has 2 aromatic carbocycles. The van der Waals surface area contributed by atoms with Crippen molar-refractivity contribution in [3.05, 3.63) is 54.1 Å². The molecule has 2 rings (SSSR count). The third-order valence-electron chi connectivity index (χ3n) is 2.68. The SMILES string of the molecule is NC(=O)c1ccc(OCC(=O)Nc2cccc(N)c2)cc1. The van der Waals surface area contributed by atoms with Gasteiger partial charge in [0.2, 0.25) is 5.91 Å². The van der Waals surface area contributed by atoms with Gasteiger partial charge < -0.3 is 21.5 Å². The first-order valence-corrected chi connectivity index (χ1v) is 6.22. The highest BCUT2D eigenvalue weighted by molar-refractivity contribution is 5.93. The minimum absolute atomic E-state index is 0.148. The number of rotatable bonds is 5. The molecule has 108 valence electrons. The molecule has 0 aliphatic carbocycles. The van der Waals surface area contributed by atoms with Crippen molar-refractivity contribution in [3.63, 3.8) is 0 Å². The molecule has 0 saturated carbocycles. The highest BCUT2D eigenvalue weighted by Gasteiger charge is 2.05. The molecule has 0 fully saturated rings. The average molecular weight is 285 g/mol. The van der Waals surface area contributed by atoms with Crippen molar-refractivity contribution in [1.82, 2.24) is 0 Å². The fourth-order valence-corrected chi connectivity index (χ4v) is 1.68. The number of anilines is 2. The number of carbonyl (C=O) groups excluding carboxylic acids is 2. The normalized spacial score (nSPS) is 9.90. The summed E-state index contributed by atoms with van der Waals surface area (Å²) in [6.45, 7) is -0.148. The molecular weight excluding hydrogens is 270 g/mol. The lowest BCUT2D eigenvalue weighted by molar-refractivity contribution is -0.118. The number of nitrogen functional groups attached to an aromatic ring is 1. The molecule has 2 amide bonds. The van der Waals surface area contributed by atoms with Gasteiger partial charge >= 0.3 is 0 Å². The van der Waals surface area contributed by atoms with E-state index < -0.39 is 5.91 Å². The van der Waals surface area contributed by atoms with E-state index in [4.69, 9.17) is 16.2 Å². The Bertz CT molecular complexity index is 653. The van der Waals surface area contributed by atoms with Gasteiger partial charge in [-0.1, -0.05) is 6.07 Å². The molecule has 0 aromatic heterocycles. The van der Waals surface area contributed by atoms with E-state index in [-0.39, 0.29) is 12.5 Å². The molecule has 5 N–H and O–H groups in total. The van der Waals surface area contributed by atoms with Crippen LogP contribution >= 0.6 is 0 Å². The molecule has 0 radical (unpaired) electrons. The lowest BCUT2D eigenvalue weighted by Gasteiger charge is -2.08. The molecule has 0 aliphatic rings. The predicted molar refractivity (Wildman–Crippen MR) is 79.9 cm³/mol. The maximum atomic E-state index is 11.7. The fraction of sp³-hybridized carbons (Fsp3) is 0.0667. The molecule has 0 aliphatic heterocycles. The summed E-state index contributed by atoms with van der Waals surface area (Å²) in [5.74, 6) is -0.344. The van der Waals surface area contributed by atoms with Crippen molar-refractivity contribution in [2.45, 2.75) is 0 Å². The molecule has 6 nitrogen and oxygen atoms in total. The second kappa shape index (κ2) is 6.42. The standard InChI is InChI=1S/C15H15N3O3/c16-11-2-1-3-12(8-11)18-14(19)9-21-13-6-4-10(5-7-13)15(17)20/h1-8H,9,16H2,(H2,17,20)(H,18,19). The van der Waals surface area contributed by atoms with E-state index >= 15 is 0 Å². The van der Waals surface area contributed by atoms with E-state index in [0.717, 1.165) is 0 Å². The van der Waals surface area contributed by atoms with Crippen molar-refractivity contribution in [1.29, 1.82) is 0 Å². The second-order valence-corrected chi connectivity index (χ2v) is 4.35. The Balaban J connectivity index is 1.87. The monoisotopic (exact) mass is 285 g/mol. The Labute approximate surface area is 121 Å². The summed E-state index contributed by atoms with van der Waals surface area (Å²) in [4.78, 5) is 22.6. The van der Waals surface area contributed by atoms with Gasteiger partial charge in [0.15, 0.2) is 6.61 Å². The largest absolute Gasteiger partial charge is 0.484 e. The zero-order valence-electron chi connectivity index (χ0n) is 11.2. The maximum Gasteiger partial charge on any atom is 0.262 e. The summed E-state index contributed by atoms with van der Waals surface area (Å²) in [7, 11) is 0. The molecule has 21 heavy (non-hydrogen) atoms. The highest BCUT2D eigenvalue weighted by atomic mass is 16.5. The first-order chi connectivity index (χ1) is 10.0. The van der Waals surface area contributed by atoms with Crippen LogP contribution in [0.5, 0.6) is 5.75 Å². The quantitative estimate of drug-likeness (QED) is 0.721. The Hall–Kier alpha value is -3.02. The number of hydrogen-bond donors (Lipinski definition) is 3.